The van der Waals surface area contributed by atoms with Crippen LogP contribution in [0.4, 0.5) is 30.6 Å². The Balaban J connectivity index is 1.59. The Morgan fingerprint density at radius 3 is 2.59 bits per heavy atom. The van der Waals surface area contributed by atoms with Crippen molar-refractivity contribution in [1.82, 2.24) is 14.9 Å². The van der Waals surface area contributed by atoms with Crippen molar-refractivity contribution in [2.75, 3.05) is 37.1 Å². The van der Waals surface area contributed by atoms with Gasteiger partial charge in [-0.05, 0) is 48.3 Å². The molecule has 37 heavy (non-hydrogen) atoms. The molecule has 2 aromatic carbocycles. The summed E-state index contributed by atoms with van der Waals surface area (Å²) in [5.74, 6) is -0.309. The van der Waals surface area contributed by atoms with Crippen LogP contribution in [-0.4, -0.2) is 51.8 Å². The van der Waals surface area contributed by atoms with Gasteiger partial charge in [0.05, 0.1) is 12.8 Å². The minimum absolute atomic E-state index is 0.0219. The number of halogens is 3. The van der Waals surface area contributed by atoms with E-state index in [1.54, 1.807) is 47.4 Å². The van der Waals surface area contributed by atoms with Crippen molar-refractivity contribution in [3.63, 3.8) is 0 Å². The lowest BCUT2D eigenvalue weighted by atomic mass is 10.1. The molecule has 0 spiro atoms. The van der Waals surface area contributed by atoms with E-state index in [2.05, 4.69) is 20.6 Å². The molecule has 1 fully saturated rings. The maximum absolute atomic E-state index is 13.7. The zero-order chi connectivity index (χ0) is 26.6. The maximum atomic E-state index is 13.7. The topological polar surface area (TPSA) is 102 Å². The Morgan fingerprint density at radius 1 is 1.19 bits per heavy atom. The number of amides is 1. The Hall–Kier alpha value is -3.51. The number of methoxy groups -OCH3 is 1. The van der Waals surface area contributed by atoms with Crippen molar-refractivity contribution in [1.29, 1.82) is 0 Å². The fourth-order valence-electron chi connectivity index (χ4n) is 4.04. The van der Waals surface area contributed by atoms with Crippen LogP contribution >= 0.6 is 0 Å². The van der Waals surface area contributed by atoms with Crippen LogP contribution in [-0.2, 0) is 23.9 Å². The minimum Gasteiger partial charge on any atom is -0.612 e. The van der Waals surface area contributed by atoms with Crippen molar-refractivity contribution >= 4 is 34.5 Å². The van der Waals surface area contributed by atoms with Crippen molar-refractivity contribution < 1.29 is 27.3 Å². The van der Waals surface area contributed by atoms with Crippen LogP contribution in [0.25, 0.3) is 0 Å². The summed E-state index contributed by atoms with van der Waals surface area (Å²) in [4.78, 5) is 22.9. The Morgan fingerprint density at radius 2 is 1.92 bits per heavy atom. The predicted molar refractivity (Wildman–Crippen MR) is 135 cm³/mol. The van der Waals surface area contributed by atoms with Gasteiger partial charge >= 0.3 is 6.18 Å². The molecule has 1 amide bonds. The first-order valence-electron chi connectivity index (χ1n) is 11.5. The lowest BCUT2D eigenvalue weighted by Crippen LogP contribution is -2.27. The molecule has 1 atom stereocenters. The molecule has 0 aliphatic carbocycles. The molecule has 196 valence electrons. The normalized spacial score (nSPS) is 14.4. The second-order valence-corrected chi connectivity index (χ2v) is 9.76. The number of ether oxygens (including phenoxy) is 1. The smallest absolute Gasteiger partial charge is 0.421 e. The van der Waals surface area contributed by atoms with Crippen molar-refractivity contribution in [3.8, 4) is 5.75 Å². The van der Waals surface area contributed by atoms with E-state index in [0.29, 0.717) is 46.7 Å². The summed E-state index contributed by atoms with van der Waals surface area (Å²) in [5.41, 5.74) is 0.390. The van der Waals surface area contributed by atoms with Gasteiger partial charge in [0.2, 0.25) is 5.95 Å². The number of carbonyl (C=O) groups is 1. The van der Waals surface area contributed by atoms with Crippen LogP contribution in [0, 0.1) is 0 Å². The SMILES string of the molecule is COc1cc(C(=O)N2CCCC2)ccc1Nc1ncc(C(F)(F)F)c(NCc2ccccc2[S+](C)[O-])n1. The Bertz CT molecular complexity index is 1270. The van der Waals surface area contributed by atoms with Crippen LogP contribution < -0.4 is 15.4 Å². The molecule has 0 saturated carbocycles. The number of nitrogens with one attached hydrogen (secondary N) is 2. The van der Waals surface area contributed by atoms with E-state index < -0.39 is 28.7 Å². The van der Waals surface area contributed by atoms with Gasteiger partial charge in [-0.3, -0.25) is 4.79 Å². The number of aromatic nitrogens is 2. The summed E-state index contributed by atoms with van der Waals surface area (Å²) < 4.78 is 58.4. The highest BCUT2D eigenvalue weighted by molar-refractivity contribution is 7.90. The van der Waals surface area contributed by atoms with E-state index in [-0.39, 0.29) is 18.4 Å². The first-order valence-corrected chi connectivity index (χ1v) is 13.1. The number of hydrogen-bond acceptors (Lipinski definition) is 7. The summed E-state index contributed by atoms with van der Waals surface area (Å²) in [6.07, 6.45) is -0.565. The van der Waals surface area contributed by atoms with Crippen LogP contribution in [0.15, 0.2) is 53.6 Å². The quantitative estimate of drug-likeness (QED) is 0.400. The molecule has 0 radical (unpaired) electrons. The molecule has 1 unspecified atom stereocenters. The van der Waals surface area contributed by atoms with Gasteiger partial charge in [-0.25, -0.2) is 4.98 Å². The molecular weight excluding hydrogens is 507 g/mol. The standard InChI is InChI=1S/C25H26F3N5O3S/c1-36-20-13-16(23(34)33-11-5-6-12-33)9-10-19(20)31-24-30-15-18(25(26,27)28)22(32-24)29-14-17-7-3-4-8-21(17)37(2)35/h3-4,7-10,13,15H,5-6,11-12,14H2,1-2H3,(H2,29,30,31,32). The Kier molecular flexibility index (Phi) is 8.08. The van der Waals surface area contributed by atoms with Crippen molar-refractivity contribution in [2.45, 2.75) is 30.5 Å². The second kappa shape index (κ2) is 11.3. The summed E-state index contributed by atoms with van der Waals surface area (Å²) in [6, 6.07) is 11.6. The Labute approximate surface area is 215 Å². The van der Waals surface area contributed by atoms with Crippen molar-refractivity contribution in [3.05, 3.63) is 65.4 Å². The zero-order valence-corrected chi connectivity index (χ0v) is 21.1. The highest BCUT2D eigenvalue weighted by atomic mass is 32.2. The number of nitrogens with zero attached hydrogens (tertiary/aromatic N) is 3. The number of likely N-dealkylation sites (tertiary alicyclic amines) is 1. The largest absolute Gasteiger partial charge is 0.612 e. The predicted octanol–water partition coefficient (Wildman–Crippen LogP) is 4.83. The first kappa shape index (κ1) is 26.6. The molecule has 12 heteroatoms. The molecule has 2 N–H and O–H groups in total. The molecule has 0 bridgehead atoms. The van der Waals surface area contributed by atoms with Gasteiger partial charge in [-0.15, -0.1) is 0 Å². The number of hydrogen-bond donors (Lipinski definition) is 2. The molecule has 1 aromatic heterocycles. The van der Waals surface area contributed by atoms with Gasteiger partial charge in [0.1, 0.15) is 23.4 Å². The number of alkyl halides is 3. The summed E-state index contributed by atoms with van der Waals surface area (Å²) in [5, 5.41) is 5.59. The van der Waals surface area contributed by atoms with E-state index in [9.17, 15) is 22.5 Å². The van der Waals surface area contributed by atoms with Crippen LogP contribution in [0.3, 0.4) is 0 Å². The van der Waals surface area contributed by atoms with Gasteiger partial charge < -0.3 is 24.8 Å². The van der Waals surface area contributed by atoms with E-state index in [1.807, 2.05) is 0 Å². The van der Waals surface area contributed by atoms with Gasteiger partial charge in [0.25, 0.3) is 5.91 Å². The van der Waals surface area contributed by atoms with E-state index >= 15 is 0 Å². The molecule has 1 saturated heterocycles. The van der Waals surface area contributed by atoms with E-state index in [1.165, 1.54) is 13.4 Å². The molecule has 1 aliphatic rings. The number of rotatable bonds is 8. The molecule has 8 nitrogen and oxygen atoms in total. The molecule has 3 aromatic rings. The third-order valence-corrected chi connectivity index (χ3v) is 6.93. The monoisotopic (exact) mass is 533 g/mol. The molecule has 2 heterocycles. The highest BCUT2D eigenvalue weighted by Gasteiger charge is 2.35. The third kappa shape index (κ3) is 6.25. The molecule has 1 aliphatic heterocycles. The van der Waals surface area contributed by atoms with Crippen LogP contribution in [0.1, 0.15) is 34.3 Å². The number of benzene rings is 2. The average molecular weight is 534 g/mol. The summed E-state index contributed by atoms with van der Waals surface area (Å²) in [6.45, 7) is 1.38. The summed E-state index contributed by atoms with van der Waals surface area (Å²) in [7, 11) is 1.43. The average Bonchev–Trinajstić information content (AvgIpc) is 3.42. The zero-order valence-electron chi connectivity index (χ0n) is 20.3. The maximum Gasteiger partial charge on any atom is 0.421 e. The third-order valence-electron chi connectivity index (χ3n) is 5.91. The van der Waals surface area contributed by atoms with Crippen LogP contribution in [0.5, 0.6) is 5.75 Å². The van der Waals surface area contributed by atoms with Crippen LogP contribution in [0.2, 0.25) is 0 Å². The van der Waals surface area contributed by atoms with Gasteiger partial charge in [0, 0.05) is 37.0 Å². The van der Waals surface area contributed by atoms with E-state index in [4.69, 9.17) is 4.74 Å². The number of anilines is 3. The second-order valence-electron chi connectivity index (χ2n) is 8.41. The van der Waals surface area contributed by atoms with Crippen molar-refractivity contribution in [2.24, 2.45) is 0 Å². The first-order chi connectivity index (χ1) is 17.7. The minimum atomic E-state index is -4.69. The van der Waals surface area contributed by atoms with Gasteiger partial charge in [-0.2, -0.15) is 18.2 Å². The molecule has 4 rings (SSSR count). The number of carbonyl (C=O) groups excluding carboxylic acids is 1. The van der Waals surface area contributed by atoms with Gasteiger partial charge in [-0.1, -0.05) is 18.2 Å². The highest BCUT2D eigenvalue weighted by Crippen LogP contribution is 2.35. The lowest BCUT2D eigenvalue weighted by molar-refractivity contribution is -0.137. The lowest BCUT2D eigenvalue weighted by Gasteiger charge is -2.18. The van der Waals surface area contributed by atoms with Gasteiger partial charge in [0.15, 0.2) is 4.90 Å². The fourth-order valence-corrected chi connectivity index (χ4v) is 4.82. The molecular formula is C25H26F3N5O3S. The fraction of sp³-hybridized carbons (Fsp3) is 0.320. The van der Waals surface area contributed by atoms with E-state index in [0.717, 1.165) is 12.8 Å². The summed E-state index contributed by atoms with van der Waals surface area (Å²) >= 11 is -1.31.